The molecule has 2 heteroatoms. The largest absolute Gasteiger partial charge is 0.256 e. The molecule has 26 heavy (non-hydrogen) atoms. The fourth-order valence-electron chi connectivity index (χ4n) is 3.84. The minimum atomic E-state index is 0.408. The zero-order valence-electron chi connectivity index (χ0n) is 15.6. The van der Waals surface area contributed by atoms with Gasteiger partial charge in [0.05, 0.1) is 11.0 Å². The van der Waals surface area contributed by atoms with Crippen LogP contribution in [0.15, 0.2) is 67.0 Å². The smallest absolute Gasteiger partial charge is 0.0739 e. The maximum atomic E-state index is 4.67. The van der Waals surface area contributed by atoms with Crippen LogP contribution in [0, 0.1) is 0 Å². The second-order valence-corrected chi connectivity index (χ2v) is 7.43. The van der Waals surface area contributed by atoms with Crippen molar-refractivity contribution in [2.45, 2.75) is 39.0 Å². The molecule has 0 aliphatic heterocycles. The maximum Gasteiger partial charge on any atom is 0.0739 e. The third-order valence-corrected chi connectivity index (χ3v) is 5.19. The molecule has 4 aromatic rings. The van der Waals surface area contributed by atoms with Crippen LogP contribution in [-0.4, -0.2) is 9.97 Å². The van der Waals surface area contributed by atoms with Crippen molar-refractivity contribution in [1.29, 1.82) is 0 Å². The molecule has 1 unspecified atom stereocenters. The summed E-state index contributed by atoms with van der Waals surface area (Å²) in [7, 11) is 0. The van der Waals surface area contributed by atoms with Crippen molar-refractivity contribution < 1.29 is 0 Å². The lowest BCUT2D eigenvalue weighted by Crippen LogP contribution is -2.05. The zero-order chi connectivity index (χ0) is 18.1. The first-order valence-corrected chi connectivity index (χ1v) is 9.34. The minimum Gasteiger partial charge on any atom is -0.256 e. The molecular weight excluding hydrogens is 316 g/mol. The Hall–Kier alpha value is -2.74. The molecule has 0 saturated carbocycles. The summed E-state index contributed by atoms with van der Waals surface area (Å²) in [5.74, 6) is 0.858. The second-order valence-electron chi connectivity index (χ2n) is 7.43. The summed E-state index contributed by atoms with van der Waals surface area (Å²) in [6.45, 7) is 6.81. The van der Waals surface area contributed by atoms with E-state index in [1.165, 1.54) is 27.5 Å². The Balaban J connectivity index is 1.72. The Morgan fingerprint density at radius 3 is 2.50 bits per heavy atom. The molecule has 2 aromatic carbocycles. The molecule has 0 bridgehead atoms. The van der Waals surface area contributed by atoms with E-state index >= 15 is 0 Å². The standard InChI is InChI=1S/C24H24N2/c1-16(2)23-20(11-10-18-8-6-12-25-24(18)23)13-17(3)21-14-19-7-4-5-9-22(19)26-15-21/h4-12,14-17H,13H2,1-3H3. The molecule has 0 aliphatic carbocycles. The number of para-hydroxylation sites is 1. The normalized spacial score (nSPS) is 12.8. The van der Waals surface area contributed by atoms with Gasteiger partial charge in [0.1, 0.15) is 0 Å². The predicted molar refractivity (Wildman–Crippen MR) is 110 cm³/mol. The number of fused-ring (bicyclic) bond motifs is 2. The van der Waals surface area contributed by atoms with Crippen LogP contribution >= 0.6 is 0 Å². The lowest BCUT2D eigenvalue weighted by molar-refractivity contribution is 0.737. The van der Waals surface area contributed by atoms with E-state index in [1.54, 1.807) is 0 Å². The summed E-state index contributed by atoms with van der Waals surface area (Å²) in [6.07, 6.45) is 4.93. The summed E-state index contributed by atoms with van der Waals surface area (Å²) in [5.41, 5.74) is 6.26. The lowest BCUT2D eigenvalue weighted by Gasteiger charge is -2.19. The van der Waals surface area contributed by atoms with Gasteiger partial charge in [0, 0.05) is 23.2 Å². The Labute approximate surface area is 154 Å². The second kappa shape index (κ2) is 6.87. The van der Waals surface area contributed by atoms with Crippen molar-refractivity contribution in [2.75, 3.05) is 0 Å². The van der Waals surface area contributed by atoms with Gasteiger partial charge in [-0.2, -0.15) is 0 Å². The molecule has 0 radical (unpaired) electrons. The molecule has 4 rings (SSSR count). The molecule has 0 aliphatic rings. The molecule has 130 valence electrons. The van der Waals surface area contributed by atoms with Gasteiger partial charge in [0.15, 0.2) is 0 Å². The summed E-state index contributed by atoms with van der Waals surface area (Å²) >= 11 is 0. The monoisotopic (exact) mass is 340 g/mol. The first-order chi connectivity index (χ1) is 12.6. The van der Waals surface area contributed by atoms with Crippen LogP contribution in [0.4, 0.5) is 0 Å². The predicted octanol–water partition coefficient (Wildman–Crippen LogP) is 6.25. The number of benzene rings is 2. The first-order valence-electron chi connectivity index (χ1n) is 9.34. The van der Waals surface area contributed by atoms with Gasteiger partial charge in [-0.3, -0.25) is 9.97 Å². The van der Waals surface area contributed by atoms with E-state index in [4.69, 9.17) is 0 Å². The molecule has 0 spiro atoms. The number of hydrogen-bond acceptors (Lipinski definition) is 2. The van der Waals surface area contributed by atoms with Gasteiger partial charge in [-0.15, -0.1) is 0 Å². The average molecular weight is 340 g/mol. The van der Waals surface area contributed by atoms with Crippen LogP contribution in [-0.2, 0) is 6.42 Å². The number of hydrogen-bond donors (Lipinski definition) is 0. The highest BCUT2D eigenvalue weighted by Gasteiger charge is 2.16. The van der Waals surface area contributed by atoms with E-state index in [-0.39, 0.29) is 0 Å². The van der Waals surface area contributed by atoms with Crippen molar-refractivity contribution in [2.24, 2.45) is 0 Å². The molecule has 2 nitrogen and oxygen atoms in total. The van der Waals surface area contributed by atoms with Crippen LogP contribution < -0.4 is 0 Å². The van der Waals surface area contributed by atoms with E-state index in [0.29, 0.717) is 11.8 Å². The van der Waals surface area contributed by atoms with Crippen molar-refractivity contribution in [1.82, 2.24) is 9.97 Å². The molecular formula is C24H24N2. The third-order valence-electron chi connectivity index (χ3n) is 5.19. The van der Waals surface area contributed by atoms with Crippen LogP contribution in [0.3, 0.4) is 0 Å². The number of aromatic nitrogens is 2. The van der Waals surface area contributed by atoms with Crippen LogP contribution in [0.5, 0.6) is 0 Å². The molecule has 2 heterocycles. The van der Waals surface area contributed by atoms with Gasteiger partial charge in [-0.1, -0.05) is 57.2 Å². The molecule has 0 amide bonds. The maximum absolute atomic E-state index is 4.67. The molecule has 0 saturated heterocycles. The highest BCUT2D eigenvalue weighted by atomic mass is 14.7. The fourth-order valence-corrected chi connectivity index (χ4v) is 3.84. The summed E-state index contributed by atoms with van der Waals surface area (Å²) < 4.78 is 0. The Morgan fingerprint density at radius 2 is 1.65 bits per heavy atom. The Kier molecular flexibility index (Phi) is 4.42. The van der Waals surface area contributed by atoms with E-state index in [9.17, 15) is 0 Å². The zero-order valence-corrected chi connectivity index (χ0v) is 15.6. The van der Waals surface area contributed by atoms with Crippen LogP contribution in [0.25, 0.3) is 21.8 Å². The van der Waals surface area contributed by atoms with Gasteiger partial charge in [-0.05, 0) is 53.1 Å². The van der Waals surface area contributed by atoms with E-state index in [1.807, 2.05) is 24.5 Å². The minimum absolute atomic E-state index is 0.408. The number of nitrogens with zero attached hydrogens (tertiary/aromatic N) is 2. The molecule has 2 aromatic heterocycles. The van der Waals surface area contributed by atoms with E-state index in [2.05, 4.69) is 73.2 Å². The third kappa shape index (κ3) is 3.08. The first kappa shape index (κ1) is 16.7. The van der Waals surface area contributed by atoms with Crippen molar-refractivity contribution >= 4 is 21.8 Å². The summed E-state index contributed by atoms with van der Waals surface area (Å²) in [4.78, 5) is 9.31. The highest BCUT2D eigenvalue weighted by molar-refractivity contribution is 5.83. The molecule has 0 fully saturated rings. The van der Waals surface area contributed by atoms with Gasteiger partial charge in [0.2, 0.25) is 0 Å². The number of rotatable bonds is 4. The number of pyridine rings is 2. The van der Waals surface area contributed by atoms with E-state index < -0.39 is 0 Å². The quantitative estimate of drug-likeness (QED) is 0.438. The molecule has 0 N–H and O–H groups in total. The van der Waals surface area contributed by atoms with Crippen LogP contribution in [0.2, 0.25) is 0 Å². The van der Waals surface area contributed by atoms with Gasteiger partial charge < -0.3 is 0 Å². The van der Waals surface area contributed by atoms with Gasteiger partial charge >= 0.3 is 0 Å². The topological polar surface area (TPSA) is 25.8 Å². The summed E-state index contributed by atoms with van der Waals surface area (Å²) in [6, 6.07) is 19.2. The van der Waals surface area contributed by atoms with Crippen molar-refractivity contribution in [3.8, 4) is 0 Å². The highest BCUT2D eigenvalue weighted by Crippen LogP contribution is 2.31. The van der Waals surface area contributed by atoms with Crippen molar-refractivity contribution in [3.63, 3.8) is 0 Å². The SMILES string of the molecule is CC(C)c1c(CC(C)c2cnc3ccccc3c2)ccc2cccnc12. The molecule has 1 atom stereocenters. The lowest BCUT2D eigenvalue weighted by atomic mass is 9.87. The average Bonchev–Trinajstić information content (AvgIpc) is 2.67. The fraction of sp³-hybridized carbons (Fsp3) is 0.250. The van der Waals surface area contributed by atoms with Gasteiger partial charge in [0.25, 0.3) is 0 Å². The Bertz CT molecular complexity index is 1070. The summed E-state index contributed by atoms with van der Waals surface area (Å²) in [5, 5.41) is 2.43. The van der Waals surface area contributed by atoms with Crippen LogP contribution in [0.1, 0.15) is 49.3 Å². The van der Waals surface area contributed by atoms with Crippen molar-refractivity contribution in [3.05, 3.63) is 83.7 Å². The van der Waals surface area contributed by atoms with E-state index in [0.717, 1.165) is 17.5 Å². The Morgan fingerprint density at radius 1 is 0.846 bits per heavy atom. The van der Waals surface area contributed by atoms with Gasteiger partial charge in [-0.25, -0.2) is 0 Å².